The van der Waals surface area contributed by atoms with Crippen LogP contribution in [0.3, 0.4) is 0 Å². The molecule has 30 heavy (non-hydrogen) atoms. The van der Waals surface area contributed by atoms with Crippen molar-refractivity contribution < 1.29 is 19.0 Å². The van der Waals surface area contributed by atoms with Gasteiger partial charge in [0, 0.05) is 24.1 Å². The van der Waals surface area contributed by atoms with Crippen molar-refractivity contribution >= 4 is 17.2 Å². The Morgan fingerprint density at radius 3 is 2.60 bits per heavy atom. The lowest BCUT2D eigenvalue weighted by atomic mass is 10.3. The van der Waals surface area contributed by atoms with Crippen LogP contribution in [0.25, 0.3) is 5.65 Å². The second kappa shape index (κ2) is 9.00. The number of aromatic nitrogens is 2. The third-order valence-electron chi connectivity index (χ3n) is 4.35. The Hall–Kier alpha value is -4.00. The van der Waals surface area contributed by atoms with Gasteiger partial charge in [0.2, 0.25) is 0 Å². The zero-order valence-electron chi connectivity index (χ0n) is 16.4. The summed E-state index contributed by atoms with van der Waals surface area (Å²) in [7, 11) is 1.60. The summed E-state index contributed by atoms with van der Waals surface area (Å²) in [6.45, 7) is 0.234. The van der Waals surface area contributed by atoms with Gasteiger partial charge >= 0.3 is 0 Å². The minimum absolute atomic E-state index is 0.0986. The maximum Gasteiger partial charge on any atom is 0.262 e. The van der Waals surface area contributed by atoms with E-state index >= 15 is 0 Å². The zero-order chi connectivity index (χ0) is 20.8. The van der Waals surface area contributed by atoms with E-state index < -0.39 is 0 Å². The zero-order valence-corrected chi connectivity index (χ0v) is 16.4. The first kappa shape index (κ1) is 19.3. The van der Waals surface area contributed by atoms with Crippen LogP contribution in [0.4, 0.5) is 5.69 Å². The molecule has 0 aliphatic rings. The number of imidazole rings is 1. The molecule has 0 atom stereocenters. The van der Waals surface area contributed by atoms with E-state index in [1.807, 2.05) is 47.1 Å². The standard InChI is InChI=1S/C23H21N3O4/c1-28-19-8-10-20(11-9-19)30-16-23(27)25-17-5-4-6-21(13-17)29-15-18-14-26-12-3-2-7-22(26)24-18/h2-14H,15-16H2,1H3,(H,25,27). The summed E-state index contributed by atoms with van der Waals surface area (Å²) in [5, 5.41) is 2.81. The number of methoxy groups -OCH3 is 1. The number of nitrogens with zero attached hydrogens (tertiary/aromatic N) is 2. The number of nitrogens with one attached hydrogen (secondary N) is 1. The lowest BCUT2D eigenvalue weighted by molar-refractivity contribution is -0.118. The molecule has 152 valence electrons. The summed E-state index contributed by atoms with van der Waals surface area (Å²) in [6.07, 6.45) is 3.87. The molecule has 0 saturated carbocycles. The Morgan fingerprint density at radius 1 is 0.967 bits per heavy atom. The second-order valence-electron chi connectivity index (χ2n) is 6.53. The SMILES string of the molecule is COc1ccc(OCC(=O)Nc2cccc(OCc3cn4ccccc4n3)c2)cc1. The topological polar surface area (TPSA) is 74.1 Å². The molecule has 0 unspecified atom stereocenters. The molecule has 2 aromatic heterocycles. The lowest BCUT2D eigenvalue weighted by Crippen LogP contribution is -2.20. The van der Waals surface area contributed by atoms with Gasteiger partial charge in [-0.3, -0.25) is 4.79 Å². The highest BCUT2D eigenvalue weighted by atomic mass is 16.5. The van der Waals surface area contributed by atoms with Crippen molar-refractivity contribution in [1.29, 1.82) is 0 Å². The molecule has 4 aromatic rings. The molecular formula is C23H21N3O4. The maximum atomic E-state index is 12.2. The fourth-order valence-electron chi connectivity index (χ4n) is 2.90. The van der Waals surface area contributed by atoms with E-state index in [0.717, 1.165) is 17.1 Å². The molecule has 7 nitrogen and oxygen atoms in total. The Labute approximate surface area is 173 Å². The molecule has 0 aliphatic heterocycles. The van der Waals surface area contributed by atoms with E-state index in [1.54, 1.807) is 43.5 Å². The van der Waals surface area contributed by atoms with E-state index in [2.05, 4.69) is 10.3 Å². The van der Waals surface area contributed by atoms with Gasteiger partial charge in [-0.1, -0.05) is 12.1 Å². The van der Waals surface area contributed by atoms with Crippen molar-refractivity contribution in [1.82, 2.24) is 9.38 Å². The van der Waals surface area contributed by atoms with Crippen LogP contribution in [0.2, 0.25) is 0 Å². The van der Waals surface area contributed by atoms with Crippen LogP contribution in [-0.2, 0) is 11.4 Å². The number of carbonyl (C=O) groups excluding carboxylic acids is 1. The molecule has 0 radical (unpaired) electrons. The first-order valence-electron chi connectivity index (χ1n) is 9.42. The van der Waals surface area contributed by atoms with Crippen LogP contribution < -0.4 is 19.5 Å². The Bertz CT molecular complexity index is 1110. The maximum absolute atomic E-state index is 12.2. The number of rotatable bonds is 8. The molecule has 7 heteroatoms. The lowest BCUT2D eigenvalue weighted by Gasteiger charge is -2.10. The highest BCUT2D eigenvalue weighted by Crippen LogP contribution is 2.20. The van der Waals surface area contributed by atoms with E-state index in [9.17, 15) is 4.79 Å². The predicted molar refractivity (Wildman–Crippen MR) is 113 cm³/mol. The number of amides is 1. The number of hydrogen-bond donors (Lipinski definition) is 1. The Kier molecular flexibility index (Phi) is 5.80. The number of benzene rings is 2. The first-order chi connectivity index (χ1) is 14.7. The summed E-state index contributed by atoms with van der Waals surface area (Å²) in [6, 6.07) is 20.1. The molecule has 0 saturated heterocycles. The van der Waals surface area contributed by atoms with Crippen molar-refractivity contribution in [3.8, 4) is 17.2 Å². The number of pyridine rings is 1. The van der Waals surface area contributed by atoms with Gasteiger partial charge < -0.3 is 23.9 Å². The van der Waals surface area contributed by atoms with Crippen LogP contribution in [0.1, 0.15) is 5.69 Å². The third-order valence-corrected chi connectivity index (χ3v) is 4.35. The van der Waals surface area contributed by atoms with Crippen molar-refractivity contribution in [2.45, 2.75) is 6.61 Å². The molecule has 2 heterocycles. The van der Waals surface area contributed by atoms with Gasteiger partial charge in [0.05, 0.1) is 12.8 Å². The Balaban J connectivity index is 1.30. The normalized spacial score (nSPS) is 10.6. The van der Waals surface area contributed by atoms with E-state index in [-0.39, 0.29) is 12.5 Å². The number of carbonyl (C=O) groups is 1. The first-order valence-corrected chi connectivity index (χ1v) is 9.42. The van der Waals surface area contributed by atoms with Crippen molar-refractivity contribution in [2.75, 3.05) is 19.0 Å². The van der Waals surface area contributed by atoms with E-state index in [4.69, 9.17) is 14.2 Å². The van der Waals surface area contributed by atoms with Gasteiger partial charge in [-0.05, 0) is 48.5 Å². The average molecular weight is 403 g/mol. The highest BCUT2D eigenvalue weighted by Gasteiger charge is 2.06. The average Bonchev–Trinajstić information content (AvgIpc) is 3.20. The number of anilines is 1. The van der Waals surface area contributed by atoms with Gasteiger partial charge in [0.1, 0.15) is 29.5 Å². The van der Waals surface area contributed by atoms with Gasteiger partial charge in [0.25, 0.3) is 5.91 Å². The van der Waals surface area contributed by atoms with Crippen molar-refractivity contribution in [3.63, 3.8) is 0 Å². The van der Waals surface area contributed by atoms with Crippen LogP contribution in [0.5, 0.6) is 17.2 Å². The predicted octanol–water partition coefficient (Wildman–Crippen LogP) is 3.94. The monoisotopic (exact) mass is 403 g/mol. The summed E-state index contributed by atoms with van der Waals surface area (Å²) in [5.74, 6) is 1.70. The minimum Gasteiger partial charge on any atom is -0.497 e. The second-order valence-corrected chi connectivity index (χ2v) is 6.53. The van der Waals surface area contributed by atoms with E-state index in [0.29, 0.717) is 23.8 Å². The van der Waals surface area contributed by atoms with Crippen molar-refractivity contribution in [3.05, 3.63) is 84.8 Å². The van der Waals surface area contributed by atoms with Gasteiger partial charge in [-0.15, -0.1) is 0 Å². The minimum atomic E-state index is -0.261. The smallest absolute Gasteiger partial charge is 0.262 e. The molecule has 0 spiro atoms. The summed E-state index contributed by atoms with van der Waals surface area (Å²) in [4.78, 5) is 16.7. The molecule has 1 N–H and O–H groups in total. The van der Waals surface area contributed by atoms with Crippen LogP contribution in [0.15, 0.2) is 79.1 Å². The summed E-state index contributed by atoms with van der Waals surface area (Å²) < 4.78 is 18.4. The van der Waals surface area contributed by atoms with Gasteiger partial charge in [0.15, 0.2) is 6.61 Å². The van der Waals surface area contributed by atoms with Gasteiger partial charge in [-0.25, -0.2) is 4.98 Å². The fourth-order valence-corrected chi connectivity index (χ4v) is 2.90. The molecule has 1 amide bonds. The molecule has 2 aromatic carbocycles. The Morgan fingerprint density at radius 2 is 1.80 bits per heavy atom. The number of ether oxygens (including phenoxy) is 3. The number of hydrogen-bond acceptors (Lipinski definition) is 5. The quantitative estimate of drug-likeness (QED) is 0.482. The van der Waals surface area contributed by atoms with Crippen LogP contribution >= 0.6 is 0 Å². The molecule has 0 bridgehead atoms. The fraction of sp³-hybridized carbons (Fsp3) is 0.130. The van der Waals surface area contributed by atoms with Crippen LogP contribution in [-0.4, -0.2) is 29.0 Å². The summed E-state index contributed by atoms with van der Waals surface area (Å²) >= 11 is 0. The summed E-state index contributed by atoms with van der Waals surface area (Å²) in [5.41, 5.74) is 2.32. The largest absolute Gasteiger partial charge is 0.497 e. The highest BCUT2D eigenvalue weighted by molar-refractivity contribution is 5.92. The van der Waals surface area contributed by atoms with E-state index in [1.165, 1.54) is 0 Å². The third kappa shape index (κ3) is 4.88. The molecule has 0 aliphatic carbocycles. The van der Waals surface area contributed by atoms with Crippen LogP contribution in [0, 0.1) is 0 Å². The van der Waals surface area contributed by atoms with Crippen molar-refractivity contribution in [2.24, 2.45) is 0 Å². The number of fused-ring (bicyclic) bond motifs is 1. The van der Waals surface area contributed by atoms with Gasteiger partial charge in [-0.2, -0.15) is 0 Å². The molecule has 4 rings (SSSR count). The molecular weight excluding hydrogens is 382 g/mol. The molecule has 0 fully saturated rings.